The Kier molecular flexibility index (Phi) is 3.50. The summed E-state index contributed by atoms with van der Waals surface area (Å²) in [5.74, 6) is -0.131. The summed E-state index contributed by atoms with van der Waals surface area (Å²) in [4.78, 5) is 25.5. The summed E-state index contributed by atoms with van der Waals surface area (Å²) in [5, 5.41) is 10.2. The standard InChI is InChI=1S/C22H16O3/c1-2-13-7-10-20(23)18(11-13)14-8-9-17-19(12-14)22(25)16-6-4-3-5-15(16)21(17)24/h3-12,23H,2H2,1H3. The van der Waals surface area contributed by atoms with Crippen molar-refractivity contribution in [1.82, 2.24) is 0 Å². The van der Waals surface area contributed by atoms with Gasteiger partial charge in [0.25, 0.3) is 0 Å². The van der Waals surface area contributed by atoms with E-state index in [0.717, 1.165) is 17.5 Å². The molecule has 1 aliphatic rings. The molecule has 0 fully saturated rings. The fraction of sp³-hybridized carbons (Fsp3) is 0.0909. The first kappa shape index (κ1) is 15.3. The van der Waals surface area contributed by atoms with Crippen LogP contribution in [-0.2, 0) is 6.42 Å². The largest absolute Gasteiger partial charge is 0.507 e. The molecule has 0 bridgehead atoms. The minimum atomic E-state index is -0.154. The fourth-order valence-corrected chi connectivity index (χ4v) is 3.30. The summed E-state index contributed by atoms with van der Waals surface area (Å²) in [7, 11) is 0. The number of rotatable bonds is 2. The van der Waals surface area contributed by atoms with Gasteiger partial charge in [0.1, 0.15) is 5.75 Å². The van der Waals surface area contributed by atoms with Crippen LogP contribution in [0.4, 0.5) is 0 Å². The van der Waals surface area contributed by atoms with E-state index in [1.165, 1.54) is 0 Å². The van der Waals surface area contributed by atoms with Crippen molar-refractivity contribution >= 4 is 11.6 Å². The zero-order valence-corrected chi connectivity index (χ0v) is 13.7. The van der Waals surface area contributed by atoms with E-state index in [2.05, 4.69) is 0 Å². The molecule has 1 N–H and O–H groups in total. The van der Waals surface area contributed by atoms with Crippen molar-refractivity contribution in [3.63, 3.8) is 0 Å². The molecule has 0 saturated heterocycles. The Hall–Kier alpha value is -3.20. The second-order valence-electron chi connectivity index (χ2n) is 6.17. The number of phenolic OH excluding ortho intramolecular Hbond substituents is 1. The van der Waals surface area contributed by atoms with Crippen LogP contribution in [0.1, 0.15) is 44.3 Å². The van der Waals surface area contributed by atoms with Gasteiger partial charge in [0.15, 0.2) is 11.6 Å². The second-order valence-corrected chi connectivity index (χ2v) is 6.17. The summed E-state index contributed by atoms with van der Waals surface area (Å²) in [6, 6.07) is 17.5. The van der Waals surface area contributed by atoms with Gasteiger partial charge in [0, 0.05) is 27.8 Å². The number of benzene rings is 3. The van der Waals surface area contributed by atoms with Crippen LogP contribution in [0.3, 0.4) is 0 Å². The highest BCUT2D eigenvalue weighted by Crippen LogP contribution is 2.34. The molecule has 122 valence electrons. The maximum absolute atomic E-state index is 12.8. The average molecular weight is 328 g/mol. The van der Waals surface area contributed by atoms with E-state index in [0.29, 0.717) is 27.8 Å². The molecule has 3 heteroatoms. The third-order valence-electron chi connectivity index (χ3n) is 4.71. The number of hydrogen-bond donors (Lipinski definition) is 1. The summed E-state index contributed by atoms with van der Waals surface area (Å²) < 4.78 is 0. The van der Waals surface area contributed by atoms with Crippen LogP contribution in [0.25, 0.3) is 11.1 Å². The van der Waals surface area contributed by atoms with E-state index in [1.807, 2.05) is 19.1 Å². The van der Waals surface area contributed by atoms with Gasteiger partial charge in [0.2, 0.25) is 0 Å². The van der Waals surface area contributed by atoms with Gasteiger partial charge in [-0.15, -0.1) is 0 Å². The predicted molar refractivity (Wildman–Crippen MR) is 96.2 cm³/mol. The molecule has 3 aromatic rings. The maximum atomic E-state index is 12.8. The third-order valence-corrected chi connectivity index (χ3v) is 4.71. The van der Waals surface area contributed by atoms with Gasteiger partial charge in [-0.3, -0.25) is 9.59 Å². The molecule has 0 aliphatic heterocycles. The number of hydrogen-bond acceptors (Lipinski definition) is 3. The average Bonchev–Trinajstić information content (AvgIpc) is 2.66. The first-order valence-corrected chi connectivity index (χ1v) is 8.25. The first-order valence-electron chi connectivity index (χ1n) is 8.25. The monoisotopic (exact) mass is 328 g/mol. The van der Waals surface area contributed by atoms with Crippen molar-refractivity contribution in [1.29, 1.82) is 0 Å². The van der Waals surface area contributed by atoms with Gasteiger partial charge >= 0.3 is 0 Å². The number of carbonyl (C=O) groups excluding carboxylic acids is 2. The number of fused-ring (bicyclic) bond motifs is 2. The summed E-state index contributed by atoms with van der Waals surface area (Å²) in [6.45, 7) is 2.04. The molecule has 0 spiro atoms. The highest BCUT2D eigenvalue weighted by molar-refractivity contribution is 6.28. The summed E-state index contributed by atoms with van der Waals surface area (Å²) >= 11 is 0. The van der Waals surface area contributed by atoms with Gasteiger partial charge in [-0.1, -0.05) is 43.3 Å². The number of carbonyl (C=O) groups is 2. The van der Waals surface area contributed by atoms with Crippen molar-refractivity contribution < 1.29 is 14.7 Å². The molecule has 3 nitrogen and oxygen atoms in total. The highest BCUT2D eigenvalue weighted by Gasteiger charge is 2.29. The zero-order valence-electron chi connectivity index (χ0n) is 13.7. The highest BCUT2D eigenvalue weighted by atomic mass is 16.3. The minimum absolute atomic E-state index is 0.136. The van der Waals surface area contributed by atoms with Crippen LogP contribution in [-0.4, -0.2) is 16.7 Å². The number of phenols is 1. The topological polar surface area (TPSA) is 54.4 Å². The van der Waals surface area contributed by atoms with E-state index in [1.54, 1.807) is 48.5 Å². The van der Waals surface area contributed by atoms with E-state index in [-0.39, 0.29) is 17.3 Å². The Morgan fingerprint density at radius 1 is 0.720 bits per heavy atom. The van der Waals surface area contributed by atoms with E-state index < -0.39 is 0 Å². The van der Waals surface area contributed by atoms with E-state index >= 15 is 0 Å². The molecule has 1 aliphatic carbocycles. The molecule has 0 heterocycles. The Labute approximate surface area is 145 Å². The molecule has 0 unspecified atom stereocenters. The Balaban J connectivity index is 1.89. The molecule has 0 aromatic heterocycles. The smallest absolute Gasteiger partial charge is 0.194 e. The van der Waals surface area contributed by atoms with E-state index in [4.69, 9.17) is 0 Å². The lowest BCUT2D eigenvalue weighted by molar-refractivity contribution is 0.0979. The Morgan fingerprint density at radius 3 is 2.04 bits per heavy atom. The molecule has 0 radical (unpaired) electrons. The molecule has 3 aromatic carbocycles. The van der Waals surface area contributed by atoms with Crippen molar-refractivity contribution in [2.45, 2.75) is 13.3 Å². The minimum Gasteiger partial charge on any atom is -0.507 e. The SMILES string of the molecule is CCc1ccc(O)c(-c2ccc3c(c2)C(=O)c2ccccc2C3=O)c1. The quantitative estimate of drug-likeness (QED) is 0.593. The van der Waals surface area contributed by atoms with Crippen molar-refractivity contribution in [3.8, 4) is 16.9 Å². The van der Waals surface area contributed by atoms with Crippen LogP contribution in [0.5, 0.6) is 5.75 Å². The molecule has 0 amide bonds. The van der Waals surface area contributed by atoms with Gasteiger partial charge < -0.3 is 5.11 Å². The number of aromatic hydroxyl groups is 1. The fourth-order valence-electron chi connectivity index (χ4n) is 3.30. The molecular weight excluding hydrogens is 312 g/mol. The molecule has 4 rings (SSSR count). The summed E-state index contributed by atoms with van der Waals surface area (Å²) in [5.41, 5.74) is 4.18. The van der Waals surface area contributed by atoms with Gasteiger partial charge in [-0.25, -0.2) is 0 Å². The van der Waals surface area contributed by atoms with Crippen LogP contribution in [0.2, 0.25) is 0 Å². The third kappa shape index (κ3) is 2.36. The van der Waals surface area contributed by atoms with Crippen LogP contribution < -0.4 is 0 Å². The first-order chi connectivity index (χ1) is 12.1. The zero-order chi connectivity index (χ0) is 17.6. The summed E-state index contributed by atoms with van der Waals surface area (Å²) in [6.07, 6.45) is 0.850. The van der Waals surface area contributed by atoms with Crippen molar-refractivity contribution in [2.75, 3.05) is 0 Å². The lowest BCUT2D eigenvalue weighted by atomic mass is 9.82. The lowest BCUT2D eigenvalue weighted by Gasteiger charge is -2.18. The predicted octanol–water partition coefficient (Wildman–Crippen LogP) is 4.40. The Bertz CT molecular complexity index is 1030. The van der Waals surface area contributed by atoms with Crippen LogP contribution in [0, 0.1) is 0 Å². The second kappa shape index (κ2) is 5.71. The van der Waals surface area contributed by atoms with Gasteiger partial charge in [0.05, 0.1) is 0 Å². The van der Waals surface area contributed by atoms with Crippen molar-refractivity contribution in [3.05, 3.63) is 88.5 Å². The Morgan fingerprint density at radius 2 is 1.36 bits per heavy atom. The molecule has 0 atom stereocenters. The maximum Gasteiger partial charge on any atom is 0.194 e. The molecule has 0 saturated carbocycles. The van der Waals surface area contributed by atoms with Crippen LogP contribution in [0.15, 0.2) is 60.7 Å². The number of ketones is 2. The van der Waals surface area contributed by atoms with Gasteiger partial charge in [-0.2, -0.15) is 0 Å². The van der Waals surface area contributed by atoms with E-state index in [9.17, 15) is 14.7 Å². The normalized spacial score (nSPS) is 12.7. The van der Waals surface area contributed by atoms with Crippen molar-refractivity contribution in [2.24, 2.45) is 0 Å². The number of aryl methyl sites for hydroxylation is 1. The van der Waals surface area contributed by atoms with Crippen LogP contribution >= 0.6 is 0 Å². The molecular formula is C22H16O3. The molecule has 25 heavy (non-hydrogen) atoms. The van der Waals surface area contributed by atoms with Gasteiger partial charge in [-0.05, 0) is 41.8 Å². The lowest BCUT2D eigenvalue weighted by Crippen LogP contribution is -2.20.